The van der Waals surface area contributed by atoms with Gasteiger partial charge in [-0.3, -0.25) is 0 Å². The fourth-order valence-corrected chi connectivity index (χ4v) is 3.57. The van der Waals surface area contributed by atoms with Crippen LogP contribution < -0.4 is 5.32 Å². The Morgan fingerprint density at radius 1 is 1.15 bits per heavy atom. The second kappa shape index (κ2) is 6.84. The molecule has 1 aliphatic heterocycles. The number of aromatic amines is 1. The number of anilines is 1. The van der Waals surface area contributed by atoms with Crippen LogP contribution in [0.1, 0.15) is 18.4 Å². The van der Waals surface area contributed by atoms with E-state index >= 15 is 0 Å². The van der Waals surface area contributed by atoms with Gasteiger partial charge < -0.3 is 15.2 Å². The minimum Gasteiger partial charge on any atom is -0.364 e. The molecule has 1 fully saturated rings. The number of fused-ring (bicyclic) bond motifs is 1. The van der Waals surface area contributed by atoms with Gasteiger partial charge in [0.1, 0.15) is 5.69 Å². The Balaban J connectivity index is 1.65. The van der Waals surface area contributed by atoms with Gasteiger partial charge in [0.05, 0.1) is 11.1 Å². The summed E-state index contributed by atoms with van der Waals surface area (Å²) in [5.74, 6) is 0.696. The number of likely N-dealkylation sites (tertiary alicyclic amines) is 1. The minimum atomic E-state index is -4.35. The van der Waals surface area contributed by atoms with Crippen molar-refractivity contribution in [2.45, 2.75) is 25.1 Å². The van der Waals surface area contributed by atoms with Crippen LogP contribution in [0.25, 0.3) is 22.2 Å². The number of nitrogens with zero attached hydrogens (tertiary/aromatic N) is 3. The first-order valence-corrected chi connectivity index (χ1v) is 8.88. The maximum absolute atomic E-state index is 12.8. The topological polar surface area (TPSA) is 56.8 Å². The molecule has 0 spiro atoms. The van der Waals surface area contributed by atoms with Crippen LogP contribution in [-0.2, 0) is 6.18 Å². The summed E-state index contributed by atoms with van der Waals surface area (Å²) in [5.41, 5.74) is 1.21. The lowest BCUT2D eigenvalue weighted by molar-refractivity contribution is -0.137. The smallest absolute Gasteiger partial charge is 0.364 e. The molecule has 0 aliphatic carbocycles. The lowest BCUT2D eigenvalue weighted by atomic mass is 10.1. The monoisotopic (exact) mass is 375 g/mol. The molecule has 1 saturated heterocycles. The van der Waals surface area contributed by atoms with Gasteiger partial charge in [-0.2, -0.15) is 13.2 Å². The van der Waals surface area contributed by atoms with Gasteiger partial charge >= 0.3 is 6.18 Å². The number of H-pyrrole nitrogens is 1. The SMILES string of the molecule is CN1CCC[C@@H](Nc2nnc(-c3ccc(C(F)(F)F)cc3)c3[nH]ccc23)C1. The quantitative estimate of drug-likeness (QED) is 0.722. The summed E-state index contributed by atoms with van der Waals surface area (Å²) in [6.45, 7) is 2.03. The van der Waals surface area contributed by atoms with Gasteiger partial charge in [-0.1, -0.05) is 12.1 Å². The molecule has 4 rings (SSSR count). The third-order valence-electron chi connectivity index (χ3n) is 4.94. The minimum absolute atomic E-state index is 0.299. The first-order chi connectivity index (χ1) is 12.9. The molecule has 0 bridgehead atoms. The van der Waals surface area contributed by atoms with Crippen molar-refractivity contribution in [3.05, 3.63) is 42.1 Å². The highest BCUT2D eigenvalue weighted by atomic mass is 19.4. The lowest BCUT2D eigenvalue weighted by Gasteiger charge is -2.30. The number of hydrogen-bond donors (Lipinski definition) is 2. The van der Waals surface area contributed by atoms with Gasteiger partial charge in [0.15, 0.2) is 5.82 Å². The molecule has 0 radical (unpaired) electrons. The first kappa shape index (κ1) is 17.8. The summed E-state index contributed by atoms with van der Waals surface area (Å²) >= 11 is 0. The van der Waals surface area contributed by atoms with E-state index in [1.165, 1.54) is 12.1 Å². The van der Waals surface area contributed by atoms with Crippen molar-refractivity contribution in [3.63, 3.8) is 0 Å². The van der Waals surface area contributed by atoms with Crippen LogP contribution in [0.2, 0.25) is 0 Å². The molecule has 8 heteroatoms. The number of nitrogens with one attached hydrogen (secondary N) is 2. The Hall–Kier alpha value is -2.61. The molecule has 0 saturated carbocycles. The average molecular weight is 375 g/mol. The van der Waals surface area contributed by atoms with E-state index in [2.05, 4.69) is 32.4 Å². The van der Waals surface area contributed by atoms with Crippen LogP contribution in [0, 0.1) is 0 Å². The van der Waals surface area contributed by atoms with Gasteiger partial charge in [0.2, 0.25) is 0 Å². The van der Waals surface area contributed by atoms with Crippen LogP contribution >= 0.6 is 0 Å². The van der Waals surface area contributed by atoms with Crippen LogP contribution in [0.5, 0.6) is 0 Å². The molecule has 3 heterocycles. The van der Waals surface area contributed by atoms with Crippen molar-refractivity contribution >= 4 is 16.7 Å². The van der Waals surface area contributed by atoms with Gasteiger partial charge in [0, 0.05) is 29.7 Å². The number of alkyl halides is 3. The number of aromatic nitrogens is 3. The number of piperidine rings is 1. The molecule has 2 N–H and O–H groups in total. The van der Waals surface area contributed by atoms with E-state index in [0.29, 0.717) is 23.1 Å². The Morgan fingerprint density at radius 2 is 1.93 bits per heavy atom. The van der Waals surface area contributed by atoms with Crippen LogP contribution in [-0.4, -0.2) is 46.3 Å². The first-order valence-electron chi connectivity index (χ1n) is 8.88. The highest BCUT2D eigenvalue weighted by molar-refractivity contribution is 5.97. The number of likely N-dealkylation sites (N-methyl/N-ethyl adjacent to an activating group) is 1. The van der Waals surface area contributed by atoms with Crippen LogP contribution in [0.4, 0.5) is 19.0 Å². The van der Waals surface area contributed by atoms with Gasteiger partial charge in [-0.05, 0) is 44.6 Å². The number of rotatable bonds is 3. The Labute approximate surface area is 154 Å². The summed E-state index contributed by atoms with van der Waals surface area (Å²) in [5, 5.41) is 13.0. The molecule has 2 aromatic heterocycles. The fourth-order valence-electron chi connectivity index (χ4n) is 3.57. The lowest BCUT2D eigenvalue weighted by Crippen LogP contribution is -2.40. The van der Waals surface area contributed by atoms with E-state index in [9.17, 15) is 13.2 Å². The summed E-state index contributed by atoms with van der Waals surface area (Å²) < 4.78 is 38.3. The Bertz CT molecular complexity index is 933. The second-order valence-corrected chi connectivity index (χ2v) is 6.98. The summed E-state index contributed by atoms with van der Waals surface area (Å²) in [7, 11) is 2.10. The molecule has 0 amide bonds. The maximum atomic E-state index is 12.8. The van der Waals surface area contributed by atoms with E-state index in [0.717, 1.165) is 49.0 Å². The van der Waals surface area contributed by atoms with Crippen molar-refractivity contribution in [2.75, 3.05) is 25.5 Å². The van der Waals surface area contributed by atoms with E-state index < -0.39 is 11.7 Å². The van der Waals surface area contributed by atoms with E-state index in [4.69, 9.17) is 0 Å². The third-order valence-corrected chi connectivity index (χ3v) is 4.94. The fraction of sp³-hybridized carbons (Fsp3) is 0.368. The van der Waals surface area contributed by atoms with Crippen molar-refractivity contribution in [3.8, 4) is 11.3 Å². The Morgan fingerprint density at radius 3 is 2.63 bits per heavy atom. The van der Waals surface area contributed by atoms with E-state index in [1.54, 1.807) is 6.20 Å². The third kappa shape index (κ3) is 3.62. The number of hydrogen-bond acceptors (Lipinski definition) is 4. The molecule has 1 aliphatic rings. The van der Waals surface area contributed by atoms with Crippen molar-refractivity contribution in [2.24, 2.45) is 0 Å². The molecule has 1 aromatic carbocycles. The molecule has 27 heavy (non-hydrogen) atoms. The predicted octanol–water partition coefficient (Wildman–Crippen LogP) is 4.15. The van der Waals surface area contributed by atoms with Gasteiger partial charge in [0.25, 0.3) is 0 Å². The maximum Gasteiger partial charge on any atom is 0.416 e. The molecule has 142 valence electrons. The van der Waals surface area contributed by atoms with Crippen molar-refractivity contribution in [1.29, 1.82) is 0 Å². The molecule has 5 nitrogen and oxygen atoms in total. The standard InChI is InChI=1S/C19H20F3N5/c1-27-10-2-3-14(11-27)24-18-15-8-9-23-17(15)16(25-26-18)12-4-6-13(7-5-12)19(20,21)22/h4-9,14,23H,2-3,10-11H2,1H3,(H,24,26)/t14-/m1/s1. The molecular formula is C19H20F3N5. The van der Waals surface area contributed by atoms with E-state index in [-0.39, 0.29) is 0 Å². The number of halogens is 3. The largest absolute Gasteiger partial charge is 0.416 e. The summed E-state index contributed by atoms with van der Waals surface area (Å²) in [6, 6.07) is 7.19. The number of benzene rings is 1. The normalized spacial score (nSPS) is 18.7. The highest BCUT2D eigenvalue weighted by Crippen LogP contribution is 2.33. The molecule has 0 unspecified atom stereocenters. The van der Waals surface area contributed by atoms with Gasteiger partial charge in [-0.15, -0.1) is 10.2 Å². The zero-order valence-electron chi connectivity index (χ0n) is 14.8. The van der Waals surface area contributed by atoms with Crippen LogP contribution in [0.15, 0.2) is 36.5 Å². The van der Waals surface area contributed by atoms with Crippen LogP contribution in [0.3, 0.4) is 0 Å². The predicted molar refractivity (Wildman–Crippen MR) is 98.5 cm³/mol. The molecular weight excluding hydrogens is 355 g/mol. The van der Waals surface area contributed by atoms with Crippen molar-refractivity contribution < 1.29 is 13.2 Å². The zero-order valence-corrected chi connectivity index (χ0v) is 14.8. The molecule has 3 aromatic rings. The average Bonchev–Trinajstić information content (AvgIpc) is 3.12. The highest BCUT2D eigenvalue weighted by Gasteiger charge is 2.30. The molecule has 1 atom stereocenters. The summed E-state index contributed by atoms with van der Waals surface area (Å²) in [4.78, 5) is 5.42. The van der Waals surface area contributed by atoms with Gasteiger partial charge in [-0.25, -0.2) is 0 Å². The summed E-state index contributed by atoms with van der Waals surface area (Å²) in [6.07, 6.45) is -0.368. The Kier molecular flexibility index (Phi) is 4.51. The zero-order chi connectivity index (χ0) is 19.0. The van der Waals surface area contributed by atoms with E-state index in [1.807, 2.05) is 6.07 Å². The van der Waals surface area contributed by atoms with Crippen molar-refractivity contribution in [1.82, 2.24) is 20.1 Å². The second-order valence-electron chi connectivity index (χ2n) is 6.98.